The molecule has 0 saturated carbocycles. The number of hydrogen-bond acceptors (Lipinski definition) is 2. The van der Waals surface area contributed by atoms with Gasteiger partial charge < -0.3 is 10.6 Å². The van der Waals surface area contributed by atoms with Crippen LogP contribution in [0.3, 0.4) is 0 Å². The molecule has 1 aliphatic heterocycles. The second kappa shape index (κ2) is 12.6. The number of unbranched alkanes of at least 4 members (excludes halogenated alkanes) is 7. The van der Waals surface area contributed by atoms with E-state index in [0.717, 1.165) is 6.04 Å². The summed E-state index contributed by atoms with van der Waals surface area (Å²) >= 11 is 0. The SMILES string of the molecule is CCCCCCCCCCNC(C)CC1CCCCN1. The van der Waals surface area contributed by atoms with Gasteiger partial charge in [-0.2, -0.15) is 0 Å². The highest BCUT2D eigenvalue weighted by atomic mass is 15.0. The van der Waals surface area contributed by atoms with E-state index in [1.807, 2.05) is 0 Å². The zero-order valence-electron chi connectivity index (χ0n) is 14.1. The molecule has 1 rings (SSSR count). The number of hydrogen-bond donors (Lipinski definition) is 2. The van der Waals surface area contributed by atoms with E-state index in [0.29, 0.717) is 6.04 Å². The van der Waals surface area contributed by atoms with Crippen LogP contribution in [-0.4, -0.2) is 25.2 Å². The van der Waals surface area contributed by atoms with Crippen molar-refractivity contribution in [1.82, 2.24) is 10.6 Å². The molecule has 0 aromatic carbocycles. The lowest BCUT2D eigenvalue weighted by Gasteiger charge is -2.26. The fourth-order valence-electron chi connectivity index (χ4n) is 3.24. The maximum absolute atomic E-state index is 3.70. The molecule has 2 atom stereocenters. The van der Waals surface area contributed by atoms with Gasteiger partial charge in [0.1, 0.15) is 0 Å². The third kappa shape index (κ3) is 9.77. The van der Waals surface area contributed by atoms with Crippen LogP contribution >= 0.6 is 0 Å². The Balaban J connectivity index is 1.83. The smallest absolute Gasteiger partial charge is 0.00817 e. The van der Waals surface area contributed by atoms with E-state index in [-0.39, 0.29) is 0 Å². The highest BCUT2D eigenvalue weighted by Crippen LogP contribution is 2.12. The maximum Gasteiger partial charge on any atom is 0.00817 e. The van der Waals surface area contributed by atoms with Gasteiger partial charge in [-0.25, -0.2) is 0 Å². The van der Waals surface area contributed by atoms with Crippen molar-refractivity contribution >= 4 is 0 Å². The summed E-state index contributed by atoms with van der Waals surface area (Å²) in [5.74, 6) is 0. The Labute approximate surface area is 127 Å². The Morgan fingerprint density at radius 3 is 2.35 bits per heavy atom. The van der Waals surface area contributed by atoms with Crippen LogP contribution in [0.2, 0.25) is 0 Å². The van der Waals surface area contributed by atoms with Crippen molar-refractivity contribution in [3.8, 4) is 0 Å². The van der Waals surface area contributed by atoms with Crippen LogP contribution in [0.5, 0.6) is 0 Å². The molecular weight excluding hydrogens is 244 g/mol. The predicted molar refractivity (Wildman–Crippen MR) is 90.3 cm³/mol. The topological polar surface area (TPSA) is 24.1 Å². The molecule has 1 fully saturated rings. The Morgan fingerprint density at radius 1 is 1.00 bits per heavy atom. The zero-order chi connectivity index (χ0) is 14.5. The van der Waals surface area contributed by atoms with Crippen molar-refractivity contribution in [3.05, 3.63) is 0 Å². The number of rotatable bonds is 12. The minimum Gasteiger partial charge on any atom is -0.314 e. The first-order chi connectivity index (χ1) is 9.83. The molecule has 1 aliphatic rings. The van der Waals surface area contributed by atoms with Gasteiger partial charge in [-0.15, -0.1) is 0 Å². The molecule has 0 spiro atoms. The molecule has 120 valence electrons. The Bertz CT molecular complexity index is 200. The standard InChI is InChI=1S/C18H38N2/c1-3-4-5-6-7-8-9-11-14-19-17(2)16-18-13-10-12-15-20-18/h17-20H,3-16H2,1-2H3. The van der Waals surface area contributed by atoms with Crippen LogP contribution in [0, 0.1) is 0 Å². The van der Waals surface area contributed by atoms with Crippen LogP contribution in [0.1, 0.15) is 90.9 Å². The van der Waals surface area contributed by atoms with Crippen molar-refractivity contribution < 1.29 is 0 Å². The third-order valence-corrected chi connectivity index (χ3v) is 4.57. The summed E-state index contributed by atoms with van der Waals surface area (Å²) in [5.41, 5.74) is 0. The van der Waals surface area contributed by atoms with E-state index in [4.69, 9.17) is 0 Å². The molecular formula is C18H38N2. The summed E-state index contributed by atoms with van der Waals surface area (Å²) in [6.07, 6.45) is 16.8. The molecule has 0 aliphatic carbocycles. The molecule has 2 nitrogen and oxygen atoms in total. The molecule has 1 saturated heterocycles. The van der Waals surface area contributed by atoms with Crippen molar-refractivity contribution in [2.75, 3.05) is 13.1 Å². The quantitative estimate of drug-likeness (QED) is 0.510. The van der Waals surface area contributed by atoms with E-state index in [1.165, 1.54) is 90.1 Å². The first-order valence-electron chi connectivity index (χ1n) is 9.29. The van der Waals surface area contributed by atoms with Gasteiger partial charge in [-0.1, -0.05) is 58.3 Å². The summed E-state index contributed by atoms with van der Waals surface area (Å²) < 4.78 is 0. The zero-order valence-corrected chi connectivity index (χ0v) is 14.1. The molecule has 0 radical (unpaired) electrons. The molecule has 0 amide bonds. The Kier molecular flexibility index (Phi) is 11.4. The van der Waals surface area contributed by atoms with Crippen LogP contribution in [-0.2, 0) is 0 Å². The average molecular weight is 283 g/mol. The average Bonchev–Trinajstić information content (AvgIpc) is 2.46. The van der Waals surface area contributed by atoms with E-state index >= 15 is 0 Å². The second-order valence-electron chi connectivity index (χ2n) is 6.71. The highest BCUT2D eigenvalue weighted by Gasteiger charge is 2.14. The summed E-state index contributed by atoms with van der Waals surface area (Å²) in [4.78, 5) is 0. The van der Waals surface area contributed by atoms with Crippen LogP contribution in [0.25, 0.3) is 0 Å². The molecule has 2 unspecified atom stereocenters. The summed E-state index contributed by atoms with van der Waals surface area (Å²) in [7, 11) is 0. The van der Waals surface area contributed by atoms with E-state index in [9.17, 15) is 0 Å². The van der Waals surface area contributed by atoms with Crippen molar-refractivity contribution in [1.29, 1.82) is 0 Å². The van der Waals surface area contributed by atoms with Gasteiger partial charge in [0.15, 0.2) is 0 Å². The predicted octanol–water partition coefficient (Wildman–Crippen LogP) is 4.64. The lowest BCUT2D eigenvalue weighted by molar-refractivity contribution is 0.344. The summed E-state index contributed by atoms with van der Waals surface area (Å²) in [5, 5.41) is 7.35. The van der Waals surface area contributed by atoms with Crippen LogP contribution in [0.4, 0.5) is 0 Å². The third-order valence-electron chi connectivity index (χ3n) is 4.57. The lowest BCUT2D eigenvalue weighted by Crippen LogP contribution is -2.40. The molecule has 20 heavy (non-hydrogen) atoms. The fourth-order valence-corrected chi connectivity index (χ4v) is 3.24. The first-order valence-corrected chi connectivity index (χ1v) is 9.29. The normalized spacial score (nSPS) is 21.0. The maximum atomic E-state index is 3.70. The van der Waals surface area contributed by atoms with Gasteiger partial charge in [-0.3, -0.25) is 0 Å². The van der Waals surface area contributed by atoms with E-state index in [1.54, 1.807) is 0 Å². The van der Waals surface area contributed by atoms with Gasteiger partial charge >= 0.3 is 0 Å². The van der Waals surface area contributed by atoms with Crippen molar-refractivity contribution in [2.45, 2.75) is 103 Å². The van der Waals surface area contributed by atoms with Crippen LogP contribution in [0.15, 0.2) is 0 Å². The summed E-state index contributed by atoms with van der Waals surface area (Å²) in [6, 6.07) is 1.44. The minimum atomic E-state index is 0.676. The van der Waals surface area contributed by atoms with Crippen molar-refractivity contribution in [3.63, 3.8) is 0 Å². The molecule has 0 aromatic rings. The lowest BCUT2D eigenvalue weighted by atomic mass is 9.99. The Hall–Kier alpha value is -0.0800. The largest absolute Gasteiger partial charge is 0.314 e. The number of nitrogens with one attached hydrogen (secondary N) is 2. The fraction of sp³-hybridized carbons (Fsp3) is 1.00. The molecule has 0 bridgehead atoms. The first kappa shape index (κ1) is 18.0. The monoisotopic (exact) mass is 282 g/mol. The van der Waals surface area contributed by atoms with Crippen LogP contribution < -0.4 is 10.6 Å². The summed E-state index contributed by atoms with van der Waals surface area (Å²) in [6.45, 7) is 7.08. The van der Waals surface area contributed by atoms with Gasteiger partial charge in [0.2, 0.25) is 0 Å². The molecule has 2 heteroatoms. The second-order valence-corrected chi connectivity index (χ2v) is 6.71. The van der Waals surface area contributed by atoms with Gasteiger partial charge in [0, 0.05) is 12.1 Å². The minimum absolute atomic E-state index is 0.676. The number of piperidine rings is 1. The highest BCUT2D eigenvalue weighted by molar-refractivity contribution is 4.76. The molecule has 1 heterocycles. The van der Waals surface area contributed by atoms with Gasteiger partial charge in [0.25, 0.3) is 0 Å². The Morgan fingerprint density at radius 2 is 1.70 bits per heavy atom. The van der Waals surface area contributed by atoms with E-state index in [2.05, 4.69) is 24.5 Å². The molecule has 0 aromatic heterocycles. The van der Waals surface area contributed by atoms with Gasteiger partial charge in [-0.05, 0) is 45.7 Å². The van der Waals surface area contributed by atoms with Crippen molar-refractivity contribution in [2.24, 2.45) is 0 Å². The van der Waals surface area contributed by atoms with Gasteiger partial charge in [0.05, 0.1) is 0 Å². The van der Waals surface area contributed by atoms with E-state index < -0.39 is 0 Å². The molecule has 2 N–H and O–H groups in total.